The number of hydrogen-bond acceptors (Lipinski definition) is 3. The smallest absolute Gasteiger partial charge is 0.358 e. The lowest BCUT2D eigenvalue weighted by atomic mass is 9.89. The van der Waals surface area contributed by atoms with Gasteiger partial charge in [0.2, 0.25) is 0 Å². The van der Waals surface area contributed by atoms with E-state index < -0.39 is 5.97 Å². The lowest BCUT2D eigenvalue weighted by Gasteiger charge is -2.17. The molecule has 1 N–H and O–H groups in total. The zero-order chi connectivity index (χ0) is 12.3. The highest BCUT2D eigenvalue weighted by Crippen LogP contribution is 2.33. The number of nitrogens with zero attached hydrogens (tertiary/aromatic N) is 1. The molecular formula is C13H19NO3. The van der Waals surface area contributed by atoms with Crippen LogP contribution < -0.4 is 0 Å². The van der Waals surface area contributed by atoms with Crippen molar-refractivity contribution in [1.82, 2.24) is 4.98 Å². The number of aryl methyl sites for hydroxylation is 1. The Bertz CT molecular complexity index is 391. The summed E-state index contributed by atoms with van der Waals surface area (Å²) in [5.74, 6) is 0.540. The predicted molar refractivity (Wildman–Crippen MR) is 63.3 cm³/mol. The summed E-state index contributed by atoms with van der Waals surface area (Å²) in [4.78, 5) is 15.3. The van der Waals surface area contributed by atoms with Crippen LogP contribution in [0.25, 0.3) is 0 Å². The Morgan fingerprint density at radius 1 is 1.41 bits per heavy atom. The lowest BCUT2D eigenvalue weighted by molar-refractivity contribution is 0.0688. The number of aromatic carboxylic acids is 1. The number of rotatable bonds is 4. The van der Waals surface area contributed by atoms with Crippen LogP contribution >= 0.6 is 0 Å². The molecule has 0 atom stereocenters. The maximum Gasteiger partial charge on any atom is 0.358 e. The standard InChI is InChI=1S/C13H19NO3/c1-2-6-10-11(13(15)16)14-12(17-10)9-7-4-3-5-8-9/h9H,2-8H2,1H3,(H,15,16). The van der Waals surface area contributed by atoms with Crippen LogP contribution in [0.2, 0.25) is 0 Å². The molecule has 1 aliphatic carbocycles. The highest BCUT2D eigenvalue weighted by atomic mass is 16.4. The first kappa shape index (κ1) is 12.1. The summed E-state index contributed by atoms with van der Waals surface area (Å²) in [6.07, 6.45) is 7.33. The molecule has 0 unspecified atom stereocenters. The molecule has 0 amide bonds. The van der Waals surface area contributed by atoms with Crippen LogP contribution in [-0.4, -0.2) is 16.1 Å². The van der Waals surface area contributed by atoms with Crippen LogP contribution in [0.5, 0.6) is 0 Å². The first-order valence-electron chi connectivity index (χ1n) is 6.45. The lowest BCUT2D eigenvalue weighted by Crippen LogP contribution is -2.06. The average molecular weight is 237 g/mol. The number of carboxylic acids is 1. The fourth-order valence-electron chi connectivity index (χ4n) is 2.46. The van der Waals surface area contributed by atoms with Gasteiger partial charge in [0.25, 0.3) is 0 Å². The van der Waals surface area contributed by atoms with Crippen molar-refractivity contribution in [2.75, 3.05) is 0 Å². The molecule has 17 heavy (non-hydrogen) atoms. The van der Waals surface area contributed by atoms with E-state index >= 15 is 0 Å². The normalized spacial score (nSPS) is 17.2. The summed E-state index contributed by atoms with van der Waals surface area (Å²) in [6, 6.07) is 0. The van der Waals surface area contributed by atoms with Crippen molar-refractivity contribution in [2.45, 2.75) is 57.8 Å². The number of oxazole rings is 1. The van der Waals surface area contributed by atoms with Crippen LogP contribution in [0.1, 0.15) is 73.5 Å². The van der Waals surface area contributed by atoms with Gasteiger partial charge >= 0.3 is 5.97 Å². The highest BCUT2D eigenvalue weighted by Gasteiger charge is 2.25. The molecule has 94 valence electrons. The predicted octanol–water partition coefficient (Wildman–Crippen LogP) is 3.37. The van der Waals surface area contributed by atoms with Crippen LogP contribution in [0.15, 0.2) is 4.42 Å². The Balaban J connectivity index is 2.22. The molecule has 4 nitrogen and oxygen atoms in total. The van der Waals surface area contributed by atoms with Gasteiger partial charge < -0.3 is 9.52 Å². The summed E-state index contributed by atoms with van der Waals surface area (Å²) < 4.78 is 5.66. The first-order chi connectivity index (χ1) is 8.22. The molecule has 1 aliphatic rings. The Morgan fingerprint density at radius 2 is 2.12 bits per heavy atom. The Kier molecular flexibility index (Phi) is 3.82. The van der Waals surface area contributed by atoms with Crippen molar-refractivity contribution in [3.8, 4) is 0 Å². The summed E-state index contributed by atoms with van der Waals surface area (Å²) in [5, 5.41) is 9.08. The van der Waals surface area contributed by atoms with E-state index in [2.05, 4.69) is 4.98 Å². The monoisotopic (exact) mass is 237 g/mol. The van der Waals surface area contributed by atoms with Crippen LogP contribution in [0.4, 0.5) is 0 Å². The van der Waals surface area contributed by atoms with Crippen molar-refractivity contribution >= 4 is 5.97 Å². The summed E-state index contributed by atoms with van der Waals surface area (Å²) in [6.45, 7) is 2.01. The molecule has 4 heteroatoms. The zero-order valence-electron chi connectivity index (χ0n) is 10.2. The number of hydrogen-bond donors (Lipinski definition) is 1. The number of carbonyl (C=O) groups is 1. The van der Waals surface area contributed by atoms with Gasteiger partial charge in [0.1, 0.15) is 5.76 Å². The fraction of sp³-hybridized carbons (Fsp3) is 0.692. The Labute approximate surface area is 101 Å². The van der Waals surface area contributed by atoms with Gasteiger partial charge in [-0.15, -0.1) is 0 Å². The first-order valence-corrected chi connectivity index (χ1v) is 6.45. The summed E-state index contributed by atoms with van der Waals surface area (Å²) in [5.41, 5.74) is 0.118. The molecule has 2 rings (SSSR count). The molecule has 1 heterocycles. The fourth-order valence-corrected chi connectivity index (χ4v) is 2.46. The largest absolute Gasteiger partial charge is 0.476 e. The van der Waals surface area contributed by atoms with Crippen LogP contribution in [0.3, 0.4) is 0 Å². The molecule has 0 radical (unpaired) electrons. The van der Waals surface area contributed by atoms with Gasteiger partial charge in [-0.05, 0) is 19.3 Å². The maximum absolute atomic E-state index is 11.1. The van der Waals surface area contributed by atoms with Crippen LogP contribution in [0, 0.1) is 0 Å². The Morgan fingerprint density at radius 3 is 2.71 bits per heavy atom. The van der Waals surface area contributed by atoms with Crippen molar-refractivity contribution < 1.29 is 14.3 Å². The molecule has 0 aromatic carbocycles. The van der Waals surface area contributed by atoms with E-state index in [0.717, 1.165) is 19.3 Å². The molecule has 0 spiro atoms. The molecule has 0 saturated heterocycles. The molecule has 1 aromatic rings. The molecular weight excluding hydrogens is 218 g/mol. The summed E-state index contributed by atoms with van der Waals surface area (Å²) in [7, 11) is 0. The van der Waals surface area contributed by atoms with E-state index in [1.54, 1.807) is 0 Å². The second kappa shape index (κ2) is 5.34. The van der Waals surface area contributed by atoms with Gasteiger partial charge in [-0.3, -0.25) is 0 Å². The maximum atomic E-state index is 11.1. The third-order valence-electron chi connectivity index (χ3n) is 3.35. The zero-order valence-corrected chi connectivity index (χ0v) is 10.2. The van der Waals surface area contributed by atoms with Gasteiger partial charge in [0, 0.05) is 12.3 Å². The minimum atomic E-state index is -0.973. The number of carboxylic acid groups (broad SMARTS) is 1. The SMILES string of the molecule is CCCc1oc(C2CCCCC2)nc1C(=O)O. The highest BCUT2D eigenvalue weighted by molar-refractivity contribution is 5.86. The number of aromatic nitrogens is 1. The van der Waals surface area contributed by atoms with Crippen molar-refractivity contribution in [3.63, 3.8) is 0 Å². The molecule has 1 aromatic heterocycles. The molecule has 1 saturated carbocycles. The van der Waals surface area contributed by atoms with Gasteiger partial charge in [0.05, 0.1) is 0 Å². The van der Waals surface area contributed by atoms with Gasteiger partial charge in [-0.1, -0.05) is 26.2 Å². The second-order valence-electron chi connectivity index (χ2n) is 4.71. The minimum absolute atomic E-state index is 0.118. The van der Waals surface area contributed by atoms with E-state index in [9.17, 15) is 4.79 Å². The van der Waals surface area contributed by atoms with Crippen molar-refractivity contribution in [2.24, 2.45) is 0 Å². The van der Waals surface area contributed by atoms with Gasteiger partial charge in [-0.25, -0.2) is 9.78 Å². The molecule has 0 aliphatic heterocycles. The molecule has 0 bridgehead atoms. The minimum Gasteiger partial charge on any atom is -0.476 e. The van der Waals surface area contributed by atoms with Gasteiger partial charge in [0.15, 0.2) is 11.6 Å². The van der Waals surface area contributed by atoms with E-state index in [1.807, 2.05) is 6.92 Å². The second-order valence-corrected chi connectivity index (χ2v) is 4.71. The average Bonchev–Trinajstić information content (AvgIpc) is 2.75. The van der Waals surface area contributed by atoms with Gasteiger partial charge in [-0.2, -0.15) is 0 Å². The third-order valence-corrected chi connectivity index (χ3v) is 3.35. The Hall–Kier alpha value is -1.32. The van der Waals surface area contributed by atoms with Crippen molar-refractivity contribution in [1.29, 1.82) is 0 Å². The van der Waals surface area contributed by atoms with E-state index in [0.29, 0.717) is 24.0 Å². The topological polar surface area (TPSA) is 63.3 Å². The van der Waals surface area contributed by atoms with E-state index in [1.165, 1.54) is 19.3 Å². The molecule has 1 fully saturated rings. The third kappa shape index (κ3) is 2.68. The summed E-state index contributed by atoms with van der Waals surface area (Å²) >= 11 is 0. The van der Waals surface area contributed by atoms with Crippen LogP contribution in [-0.2, 0) is 6.42 Å². The van der Waals surface area contributed by atoms with Crippen molar-refractivity contribution in [3.05, 3.63) is 17.3 Å². The van der Waals surface area contributed by atoms with E-state index in [4.69, 9.17) is 9.52 Å². The van der Waals surface area contributed by atoms with E-state index in [-0.39, 0.29) is 5.69 Å². The quantitative estimate of drug-likeness (QED) is 0.872.